The van der Waals surface area contributed by atoms with Crippen molar-refractivity contribution in [1.82, 2.24) is 4.90 Å². The van der Waals surface area contributed by atoms with Crippen LogP contribution in [0, 0.1) is 13.8 Å². The van der Waals surface area contributed by atoms with Gasteiger partial charge in [0.25, 0.3) is 5.91 Å². The largest absolute Gasteiger partial charge is 0.464 e. The number of ether oxygens (including phenoxy) is 1. The van der Waals surface area contributed by atoms with E-state index in [9.17, 15) is 14.4 Å². The Hall–Kier alpha value is -2.83. The fourth-order valence-electron chi connectivity index (χ4n) is 3.48. The monoisotopic (exact) mass is 372 g/mol. The molecule has 144 valence electrons. The van der Waals surface area contributed by atoms with Crippen molar-refractivity contribution in [2.45, 2.75) is 45.6 Å². The molecule has 2 heterocycles. The van der Waals surface area contributed by atoms with Crippen LogP contribution in [0.1, 0.15) is 36.0 Å². The molecule has 0 bridgehead atoms. The lowest BCUT2D eigenvalue weighted by Gasteiger charge is -2.33. The van der Waals surface area contributed by atoms with E-state index in [1.807, 2.05) is 26.0 Å². The van der Waals surface area contributed by atoms with Crippen LogP contribution in [0.2, 0.25) is 0 Å². The van der Waals surface area contributed by atoms with Crippen molar-refractivity contribution in [3.05, 3.63) is 35.1 Å². The van der Waals surface area contributed by atoms with E-state index in [2.05, 4.69) is 0 Å². The topological polar surface area (TPSA) is 103 Å². The normalized spacial score (nSPS) is 17.1. The van der Waals surface area contributed by atoms with Crippen LogP contribution in [0.15, 0.2) is 22.8 Å². The molecule has 2 amide bonds. The molecule has 1 atom stereocenters. The Morgan fingerprint density at radius 1 is 1.26 bits per heavy atom. The Morgan fingerprint density at radius 3 is 2.78 bits per heavy atom. The van der Waals surface area contributed by atoms with Gasteiger partial charge in [0.15, 0.2) is 6.61 Å². The van der Waals surface area contributed by atoms with E-state index >= 15 is 0 Å². The van der Waals surface area contributed by atoms with Crippen LogP contribution >= 0.6 is 0 Å². The average molecular weight is 372 g/mol. The highest BCUT2D eigenvalue weighted by Gasteiger charge is 2.31. The van der Waals surface area contributed by atoms with Crippen molar-refractivity contribution in [3.8, 4) is 0 Å². The van der Waals surface area contributed by atoms with Crippen LogP contribution in [0.25, 0.3) is 11.0 Å². The van der Waals surface area contributed by atoms with E-state index in [-0.39, 0.29) is 6.42 Å². The number of benzene rings is 1. The number of hydrogen-bond acceptors (Lipinski definition) is 5. The van der Waals surface area contributed by atoms with Crippen molar-refractivity contribution < 1.29 is 23.5 Å². The van der Waals surface area contributed by atoms with Gasteiger partial charge in [0, 0.05) is 17.5 Å². The number of fused-ring (bicyclic) bond motifs is 1. The summed E-state index contributed by atoms with van der Waals surface area (Å²) in [5, 5.41) is 0.867. The first-order valence-corrected chi connectivity index (χ1v) is 9.09. The van der Waals surface area contributed by atoms with E-state index in [1.54, 1.807) is 6.26 Å². The lowest BCUT2D eigenvalue weighted by atomic mass is 10.0. The minimum Gasteiger partial charge on any atom is -0.464 e. The zero-order valence-corrected chi connectivity index (χ0v) is 15.6. The highest BCUT2D eigenvalue weighted by molar-refractivity contribution is 5.90. The summed E-state index contributed by atoms with van der Waals surface area (Å²) >= 11 is 0. The lowest BCUT2D eigenvalue weighted by Crippen LogP contribution is -2.51. The number of hydrogen-bond donors (Lipinski definition) is 1. The van der Waals surface area contributed by atoms with Gasteiger partial charge in [-0.2, -0.15) is 0 Å². The maximum Gasteiger partial charge on any atom is 0.310 e. The number of likely N-dealkylation sites (tertiary alicyclic amines) is 1. The van der Waals surface area contributed by atoms with Gasteiger partial charge in [-0.1, -0.05) is 12.1 Å². The van der Waals surface area contributed by atoms with Crippen molar-refractivity contribution >= 4 is 28.8 Å². The van der Waals surface area contributed by atoms with Crippen LogP contribution in [-0.4, -0.2) is 41.9 Å². The minimum absolute atomic E-state index is 0.0159. The first-order valence-electron chi connectivity index (χ1n) is 9.09. The summed E-state index contributed by atoms with van der Waals surface area (Å²) in [5.74, 6) is -1.43. The van der Waals surface area contributed by atoms with E-state index in [0.717, 1.165) is 40.5 Å². The molecule has 0 aliphatic carbocycles. The van der Waals surface area contributed by atoms with Gasteiger partial charge < -0.3 is 19.8 Å². The van der Waals surface area contributed by atoms with Gasteiger partial charge >= 0.3 is 5.97 Å². The van der Waals surface area contributed by atoms with E-state index in [1.165, 1.54) is 4.90 Å². The summed E-state index contributed by atoms with van der Waals surface area (Å²) in [5.41, 5.74) is 8.99. The number of carbonyl (C=O) groups is 3. The number of rotatable bonds is 5. The molecule has 7 nitrogen and oxygen atoms in total. The van der Waals surface area contributed by atoms with Crippen molar-refractivity contribution in [3.63, 3.8) is 0 Å². The molecular weight excluding hydrogens is 348 g/mol. The van der Waals surface area contributed by atoms with Gasteiger partial charge in [-0.05, 0) is 44.2 Å². The summed E-state index contributed by atoms with van der Waals surface area (Å²) in [4.78, 5) is 37.4. The first-order chi connectivity index (χ1) is 12.9. The molecule has 7 heteroatoms. The van der Waals surface area contributed by atoms with Crippen LogP contribution in [-0.2, 0) is 25.5 Å². The van der Waals surface area contributed by atoms with Gasteiger partial charge in [0.2, 0.25) is 5.91 Å². The molecule has 1 aromatic heterocycles. The fraction of sp³-hybridized carbons (Fsp3) is 0.450. The van der Waals surface area contributed by atoms with Crippen molar-refractivity contribution in [1.29, 1.82) is 0 Å². The van der Waals surface area contributed by atoms with E-state index in [4.69, 9.17) is 14.9 Å². The Kier molecular flexibility index (Phi) is 5.48. The van der Waals surface area contributed by atoms with Gasteiger partial charge in [-0.15, -0.1) is 0 Å². The molecule has 1 aliphatic heterocycles. The molecular formula is C20H24N2O5. The van der Waals surface area contributed by atoms with Crippen LogP contribution in [0.5, 0.6) is 0 Å². The molecule has 0 spiro atoms. The summed E-state index contributed by atoms with van der Waals surface area (Å²) in [6.07, 6.45) is 3.78. The van der Waals surface area contributed by atoms with E-state index < -0.39 is 30.4 Å². The highest BCUT2D eigenvalue weighted by Crippen LogP contribution is 2.27. The molecule has 1 saturated heterocycles. The number of furan rings is 1. The number of nitrogens with zero attached hydrogens (tertiary/aromatic N) is 1. The van der Waals surface area contributed by atoms with Gasteiger partial charge in [0.1, 0.15) is 11.6 Å². The smallest absolute Gasteiger partial charge is 0.310 e. The molecule has 3 rings (SSSR count). The lowest BCUT2D eigenvalue weighted by molar-refractivity contribution is -0.154. The van der Waals surface area contributed by atoms with Crippen LogP contribution < -0.4 is 5.73 Å². The van der Waals surface area contributed by atoms with Crippen LogP contribution in [0.3, 0.4) is 0 Å². The highest BCUT2D eigenvalue weighted by atomic mass is 16.5. The van der Waals surface area contributed by atoms with Gasteiger partial charge in [0.05, 0.1) is 12.7 Å². The maximum atomic E-state index is 12.3. The van der Waals surface area contributed by atoms with Gasteiger partial charge in [-0.3, -0.25) is 14.4 Å². The molecule has 0 radical (unpaired) electrons. The van der Waals surface area contributed by atoms with Crippen molar-refractivity contribution in [2.24, 2.45) is 5.73 Å². The predicted octanol–water partition coefficient (Wildman–Crippen LogP) is 2.00. The number of nitrogens with two attached hydrogens (primary N) is 1. The van der Waals surface area contributed by atoms with Crippen molar-refractivity contribution in [2.75, 3.05) is 13.2 Å². The standard InChI is InChI=1S/C20H24N2O5/c1-12-6-7-15-14(10-27-19(15)13(12)2)9-18(24)26-11-17(23)22-8-4-3-5-16(22)20(21)25/h6-7,10,16H,3-5,8-9,11H2,1-2H3,(H2,21,25)/t16-/m0/s1. The Balaban J connectivity index is 1.61. The Bertz CT molecular complexity index is 886. The predicted molar refractivity (Wildman–Crippen MR) is 98.9 cm³/mol. The zero-order chi connectivity index (χ0) is 19.6. The molecule has 0 unspecified atom stereocenters. The number of aryl methyl sites for hydroxylation is 2. The molecule has 0 saturated carbocycles. The number of carbonyl (C=O) groups excluding carboxylic acids is 3. The fourth-order valence-corrected chi connectivity index (χ4v) is 3.48. The zero-order valence-electron chi connectivity index (χ0n) is 15.6. The van der Waals surface area contributed by atoms with E-state index in [0.29, 0.717) is 13.0 Å². The number of primary amides is 1. The molecule has 27 heavy (non-hydrogen) atoms. The second-order valence-corrected chi connectivity index (χ2v) is 6.98. The molecule has 1 aromatic carbocycles. The van der Waals surface area contributed by atoms with Gasteiger partial charge in [-0.25, -0.2) is 0 Å². The first kappa shape index (κ1) is 18.9. The maximum absolute atomic E-state index is 12.3. The third-order valence-corrected chi connectivity index (χ3v) is 5.18. The molecule has 2 N–H and O–H groups in total. The summed E-state index contributed by atoms with van der Waals surface area (Å²) < 4.78 is 10.7. The Labute approximate surface area is 157 Å². The molecule has 1 aliphatic rings. The Morgan fingerprint density at radius 2 is 2.04 bits per heavy atom. The quantitative estimate of drug-likeness (QED) is 0.809. The third-order valence-electron chi connectivity index (χ3n) is 5.18. The molecule has 1 fully saturated rings. The molecule has 2 aromatic rings. The minimum atomic E-state index is -0.617. The number of esters is 1. The second-order valence-electron chi connectivity index (χ2n) is 6.98. The summed E-state index contributed by atoms with van der Waals surface area (Å²) in [6, 6.07) is 3.28. The average Bonchev–Trinajstić information content (AvgIpc) is 3.06. The summed E-state index contributed by atoms with van der Waals surface area (Å²) in [6.45, 7) is 4.03. The number of piperidine rings is 1. The summed E-state index contributed by atoms with van der Waals surface area (Å²) in [7, 11) is 0. The second kappa shape index (κ2) is 7.82. The number of amides is 2. The third kappa shape index (κ3) is 3.97. The van der Waals surface area contributed by atoms with Crippen LogP contribution in [0.4, 0.5) is 0 Å². The SMILES string of the molecule is Cc1ccc2c(CC(=O)OCC(=O)N3CCCC[C@H]3C(N)=O)coc2c1C.